The molecule has 1 amide bonds. The van der Waals surface area contributed by atoms with Gasteiger partial charge in [-0.3, -0.25) is 9.78 Å². The smallest absolute Gasteiger partial charge is 0.341 e. The van der Waals surface area contributed by atoms with E-state index in [1.807, 2.05) is 0 Å². The Morgan fingerprint density at radius 2 is 2.43 bits per heavy atom. The molecule has 1 rings (SSSR count). The fourth-order valence-electron chi connectivity index (χ4n) is 0.880. The van der Waals surface area contributed by atoms with Gasteiger partial charge in [0.1, 0.15) is 0 Å². The van der Waals surface area contributed by atoms with Gasteiger partial charge < -0.3 is 10.1 Å². The molecule has 0 radical (unpaired) electrons. The van der Waals surface area contributed by atoms with Gasteiger partial charge in [0.05, 0.1) is 0 Å². The highest BCUT2D eigenvalue weighted by molar-refractivity contribution is 5.90. The quantitative estimate of drug-likeness (QED) is 0.523. The normalized spacial score (nSPS) is 10.1. The molecule has 7 heteroatoms. The zero-order chi connectivity index (χ0) is 10.4. The fraction of sp³-hybridized carbons (Fsp3) is 0.571. The zero-order valence-corrected chi connectivity index (χ0v) is 7.79. The molecule has 78 valence electrons. The number of ether oxygens (including phenoxy) is 1. The van der Waals surface area contributed by atoms with Crippen LogP contribution in [0.2, 0.25) is 0 Å². The van der Waals surface area contributed by atoms with Crippen molar-refractivity contribution in [2.75, 3.05) is 20.3 Å². The van der Waals surface area contributed by atoms with Crippen molar-refractivity contribution in [3.05, 3.63) is 16.3 Å². The standard InChI is InChI=1S/C7H12N4O3/c1-14-4-2-3-8-6(12)5-9-7(13)11-10-5/h2-4H2,1H3,(H,8,12)(H2,9,10,11,13). The predicted octanol–water partition coefficient (Wildman–Crippen LogP) is -1.14. The lowest BCUT2D eigenvalue weighted by molar-refractivity contribution is 0.0938. The number of H-pyrrole nitrogens is 2. The van der Waals surface area contributed by atoms with Crippen LogP contribution in [-0.4, -0.2) is 41.3 Å². The summed E-state index contributed by atoms with van der Waals surface area (Å²) in [5.74, 6) is -0.410. The van der Waals surface area contributed by atoms with Gasteiger partial charge in [0.2, 0.25) is 5.82 Å². The molecule has 0 saturated carbocycles. The van der Waals surface area contributed by atoms with Gasteiger partial charge in [0.25, 0.3) is 5.91 Å². The number of rotatable bonds is 5. The van der Waals surface area contributed by atoms with E-state index in [1.165, 1.54) is 0 Å². The molecule has 0 spiro atoms. The van der Waals surface area contributed by atoms with Gasteiger partial charge in [-0.25, -0.2) is 9.89 Å². The maximum absolute atomic E-state index is 11.2. The number of hydrogen-bond acceptors (Lipinski definition) is 4. The Balaban J connectivity index is 2.32. The third kappa shape index (κ3) is 3.02. The van der Waals surface area contributed by atoms with E-state index in [-0.39, 0.29) is 5.82 Å². The lowest BCUT2D eigenvalue weighted by Crippen LogP contribution is -2.26. The summed E-state index contributed by atoms with van der Waals surface area (Å²) in [6.45, 7) is 1.07. The van der Waals surface area contributed by atoms with E-state index in [0.29, 0.717) is 13.2 Å². The Bertz CT molecular complexity index is 343. The number of carbonyl (C=O) groups excluding carboxylic acids is 1. The van der Waals surface area contributed by atoms with Crippen molar-refractivity contribution in [1.82, 2.24) is 20.5 Å². The molecule has 1 aromatic rings. The third-order valence-electron chi connectivity index (χ3n) is 1.53. The Kier molecular flexibility index (Phi) is 3.86. The average Bonchev–Trinajstić information content (AvgIpc) is 2.59. The fourth-order valence-corrected chi connectivity index (χ4v) is 0.880. The average molecular weight is 200 g/mol. The molecule has 0 aromatic carbocycles. The number of aromatic amines is 2. The van der Waals surface area contributed by atoms with Crippen LogP contribution in [0.4, 0.5) is 0 Å². The molecule has 0 aliphatic carbocycles. The van der Waals surface area contributed by atoms with E-state index in [4.69, 9.17) is 4.74 Å². The molecule has 0 atom stereocenters. The van der Waals surface area contributed by atoms with Crippen molar-refractivity contribution in [3.8, 4) is 0 Å². The van der Waals surface area contributed by atoms with E-state index in [2.05, 4.69) is 20.5 Å². The van der Waals surface area contributed by atoms with E-state index in [0.717, 1.165) is 6.42 Å². The topological polar surface area (TPSA) is 99.9 Å². The number of carbonyl (C=O) groups is 1. The second-order valence-electron chi connectivity index (χ2n) is 2.63. The maximum atomic E-state index is 11.2. The van der Waals surface area contributed by atoms with Crippen molar-refractivity contribution in [1.29, 1.82) is 0 Å². The molecular weight excluding hydrogens is 188 g/mol. The van der Waals surface area contributed by atoms with Crippen molar-refractivity contribution < 1.29 is 9.53 Å². The molecular formula is C7H12N4O3. The minimum absolute atomic E-state index is 0.00702. The largest absolute Gasteiger partial charge is 0.385 e. The monoisotopic (exact) mass is 200 g/mol. The van der Waals surface area contributed by atoms with Gasteiger partial charge in [-0.1, -0.05) is 0 Å². The Morgan fingerprint density at radius 1 is 1.64 bits per heavy atom. The van der Waals surface area contributed by atoms with Crippen LogP contribution in [0.5, 0.6) is 0 Å². The summed E-state index contributed by atoms with van der Waals surface area (Å²) in [7, 11) is 1.59. The molecule has 0 aliphatic rings. The summed E-state index contributed by atoms with van der Waals surface area (Å²) in [4.78, 5) is 24.1. The Labute approximate surface area is 79.9 Å². The number of nitrogens with zero attached hydrogens (tertiary/aromatic N) is 1. The molecule has 1 aromatic heterocycles. The van der Waals surface area contributed by atoms with Gasteiger partial charge >= 0.3 is 5.69 Å². The minimum atomic E-state index is -0.493. The first kappa shape index (κ1) is 10.5. The predicted molar refractivity (Wildman–Crippen MR) is 48.0 cm³/mol. The lowest BCUT2D eigenvalue weighted by atomic mass is 10.4. The van der Waals surface area contributed by atoms with E-state index in [9.17, 15) is 9.59 Å². The van der Waals surface area contributed by atoms with Crippen LogP contribution in [-0.2, 0) is 4.74 Å². The summed E-state index contributed by atoms with van der Waals surface area (Å²) in [5.41, 5.74) is -0.493. The van der Waals surface area contributed by atoms with Crippen LogP contribution in [0.3, 0.4) is 0 Å². The zero-order valence-electron chi connectivity index (χ0n) is 7.79. The number of aromatic nitrogens is 3. The van der Waals surface area contributed by atoms with Gasteiger partial charge in [0.15, 0.2) is 0 Å². The van der Waals surface area contributed by atoms with Crippen LogP contribution in [0.1, 0.15) is 17.0 Å². The van der Waals surface area contributed by atoms with E-state index in [1.54, 1.807) is 7.11 Å². The number of amides is 1. The highest BCUT2D eigenvalue weighted by atomic mass is 16.5. The van der Waals surface area contributed by atoms with Gasteiger partial charge in [-0.05, 0) is 6.42 Å². The summed E-state index contributed by atoms with van der Waals surface area (Å²) < 4.78 is 4.80. The Morgan fingerprint density at radius 3 is 3.00 bits per heavy atom. The molecule has 0 bridgehead atoms. The number of methoxy groups -OCH3 is 1. The van der Waals surface area contributed by atoms with Crippen LogP contribution in [0, 0.1) is 0 Å². The molecule has 3 N–H and O–H groups in total. The van der Waals surface area contributed by atoms with Gasteiger partial charge in [0, 0.05) is 20.3 Å². The lowest BCUT2D eigenvalue weighted by Gasteiger charge is -2.00. The van der Waals surface area contributed by atoms with E-state index >= 15 is 0 Å². The van der Waals surface area contributed by atoms with Crippen LogP contribution in [0.15, 0.2) is 4.79 Å². The molecule has 14 heavy (non-hydrogen) atoms. The van der Waals surface area contributed by atoms with Crippen LogP contribution in [0.25, 0.3) is 0 Å². The van der Waals surface area contributed by atoms with Gasteiger partial charge in [-0.15, -0.1) is 5.10 Å². The second kappa shape index (κ2) is 5.18. The summed E-state index contributed by atoms with van der Waals surface area (Å²) >= 11 is 0. The first-order valence-corrected chi connectivity index (χ1v) is 4.16. The molecule has 0 saturated heterocycles. The molecule has 0 unspecified atom stereocenters. The van der Waals surface area contributed by atoms with Crippen molar-refractivity contribution in [2.24, 2.45) is 0 Å². The van der Waals surface area contributed by atoms with E-state index < -0.39 is 11.6 Å². The SMILES string of the molecule is COCCCNC(=O)c1n[nH]c(=O)[nH]1. The highest BCUT2D eigenvalue weighted by Crippen LogP contribution is 1.83. The minimum Gasteiger partial charge on any atom is -0.385 e. The summed E-state index contributed by atoms with van der Waals surface area (Å²) in [5, 5.41) is 8.16. The van der Waals surface area contributed by atoms with Crippen molar-refractivity contribution in [3.63, 3.8) is 0 Å². The first-order valence-electron chi connectivity index (χ1n) is 4.16. The number of hydrogen-bond donors (Lipinski definition) is 3. The third-order valence-corrected chi connectivity index (χ3v) is 1.53. The van der Waals surface area contributed by atoms with Crippen molar-refractivity contribution >= 4 is 5.91 Å². The molecule has 0 aliphatic heterocycles. The summed E-state index contributed by atoms with van der Waals surface area (Å²) in [6.07, 6.45) is 0.719. The van der Waals surface area contributed by atoms with Gasteiger partial charge in [-0.2, -0.15) is 0 Å². The highest BCUT2D eigenvalue weighted by Gasteiger charge is 2.07. The summed E-state index contributed by atoms with van der Waals surface area (Å²) in [6, 6.07) is 0. The molecule has 1 heterocycles. The second-order valence-corrected chi connectivity index (χ2v) is 2.63. The molecule has 0 fully saturated rings. The first-order chi connectivity index (χ1) is 6.74. The number of nitrogens with one attached hydrogen (secondary N) is 3. The van der Waals surface area contributed by atoms with Crippen LogP contribution < -0.4 is 11.0 Å². The van der Waals surface area contributed by atoms with Crippen molar-refractivity contribution in [2.45, 2.75) is 6.42 Å². The van der Waals surface area contributed by atoms with Crippen LogP contribution >= 0.6 is 0 Å². The maximum Gasteiger partial charge on any atom is 0.341 e. The Hall–Kier alpha value is -1.63. The molecule has 7 nitrogen and oxygen atoms in total.